The zero-order valence-electron chi connectivity index (χ0n) is 19.6. The van der Waals surface area contributed by atoms with Crippen molar-refractivity contribution in [2.24, 2.45) is 0 Å². The van der Waals surface area contributed by atoms with Crippen molar-refractivity contribution in [3.8, 4) is 11.5 Å². The van der Waals surface area contributed by atoms with Crippen LogP contribution in [-0.4, -0.2) is 25.0 Å². The molecule has 0 saturated heterocycles. The van der Waals surface area contributed by atoms with Gasteiger partial charge in [-0.3, -0.25) is 20.4 Å². The van der Waals surface area contributed by atoms with E-state index in [1.165, 1.54) is 5.56 Å². The highest BCUT2D eigenvalue weighted by Gasteiger charge is 2.23. The van der Waals surface area contributed by atoms with E-state index in [-0.39, 0.29) is 24.0 Å². The minimum atomic E-state index is -0.457. The van der Waals surface area contributed by atoms with E-state index in [4.69, 9.17) is 9.47 Å². The molecule has 6 nitrogen and oxygen atoms in total. The maximum Gasteiger partial charge on any atom is 0.276 e. The lowest BCUT2D eigenvalue weighted by Gasteiger charge is -2.27. The van der Waals surface area contributed by atoms with Crippen LogP contribution in [-0.2, 0) is 20.4 Å². The summed E-state index contributed by atoms with van der Waals surface area (Å²) in [5.74, 6) is 0.371. The summed E-state index contributed by atoms with van der Waals surface area (Å²) in [6.45, 7) is 14.3. The number of carbonyl (C=O) groups is 2. The molecule has 0 unspecified atom stereocenters. The molecule has 0 radical (unpaired) electrons. The lowest BCUT2D eigenvalue weighted by atomic mass is 9.80. The van der Waals surface area contributed by atoms with Crippen LogP contribution in [0.1, 0.15) is 58.2 Å². The topological polar surface area (TPSA) is 76.7 Å². The fourth-order valence-electron chi connectivity index (χ4n) is 2.93. The molecule has 0 aliphatic rings. The van der Waals surface area contributed by atoms with Crippen molar-refractivity contribution < 1.29 is 19.1 Å². The van der Waals surface area contributed by atoms with Crippen LogP contribution in [0.4, 0.5) is 0 Å². The quantitative estimate of drug-likeness (QED) is 0.679. The van der Waals surface area contributed by atoms with E-state index in [2.05, 4.69) is 58.5 Å². The Labute approximate surface area is 185 Å². The van der Waals surface area contributed by atoms with Crippen LogP contribution in [0.5, 0.6) is 11.5 Å². The summed E-state index contributed by atoms with van der Waals surface area (Å²) in [4.78, 5) is 24.1. The van der Waals surface area contributed by atoms with Crippen LogP contribution in [0.3, 0.4) is 0 Å². The Morgan fingerprint density at radius 1 is 0.774 bits per heavy atom. The summed E-state index contributed by atoms with van der Waals surface area (Å²) in [5, 5.41) is 0. The predicted molar refractivity (Wildman–Crippen MR) is 122 cm³/mol. The summed E-state index contributed by atoms with van der Waals surface area (Å²) < 4.78 is 11.2. The highest BCUT2D eigenvalue weighted by Crippen LogP contribution is 2.35. The largest absolute Gasteiger partial charge is 0.483 e. The number of benzene rings is 2. The second-order valence-electron chi connectivity index (χ2n) is 9.65. The highest BCUT2D eigenvalue weighted by atomic mass is 16.5. The van der Waals surface area contributed by atoms with E-state index < -0.39 is 11.8 Å². The first-order valence-electron chi connectivity index (χ1n) is 10.4. The maximum absolute atomic E-state index is 12.1. The zero-order chi connectivity index (χ0) is 23.2. The van der Waals surface area contributed by atoms with Gasteiger partial charge in [-0.15, -0.1) is 0 Å². The van der Waals surface area contributed by atoms with Crippen molar-refractivity contribution in [1.82, 2.24) is 10.9 Å². The van der Waals surface area contributed by atoms with Crippen LogP contribution < -0.4 is 20.3 Å². The first-order chi connectivity index (χ1) is 14.4. The molecule has 0 heterocycles. The van der Waals surface area contributed by atoms with Crippen molar-refractivity contribution in [3.05, 3.63) is 59.2 Å². The molecule has 2 N–H and O–H groups in total. The van der Waals surface area contributed by atoms with Gasteiger partial charge < -0.3 is 9.47 Å². The van der Waals surface area contributed by atoms with Gasteiger partial charge in [-0.2, -0.15) is 0 Å². The van der Waals surface area contributed by atoms with E-state index in [9.17, 15) is 9.59 Å². The number of hydrogen-bond acceptors (Lipinski definition) is 4. The van der Waals surface area contributed by atoms with E-state index >= 15 is 0 Å². The van der Waals surface area contributed by atoms with Crippen LogP contribution >= 0.6 is 0 Å². The van der Waals surface area contributed by atoms with Crippen LogP contribution in [0.25, 0.3) is 0 Å². The number of para-hydroxylation sites is 1. The van der Waals surface area contributed by atoms with Crippen LogP contribution in [0, 0.1) is 6.92 Å². The summed E-state index contributed by atoms with van der Waals surface area (Å²) in [7, 11) is 0. The molecule has 0 atom stereocenters. The average molecular weight is 427 g/mol. The molecule has 2 aromatic rings. The summed E-state index contributed by atoms with van der Waals surface area (Å²) in [6, 6.07) is 13.5. The number of aryl methyl sites for hydroxylation is 1. The van der Waals surface area contributed by atoms with Gasteiger partial charge >= 0.3 is 0 Å². The van der Waals surface area contributed by atoms with Crippen molar-refractivity contribution in [1.29, 1.82) is 0 Å². The van der Waals surface area contributed by atoms with Gasteiger partial charge in [0, 0.05) is 0 Å². The third-order valence-corrected chi connectivity index (χ3v) is 4.81. The molecule has 2 rings (SSSR count). The second-order valence-corrected chi connectivity index (χ2v) is 9.65. The molecule has 0 aliphatic carbocycles. The highest BCUT2D eigenvalue weighted by molar-refractivity contribution is 5.83. The second kappa shape index (κ2) is 9.86. The molecule has 0 spiro atoms. The maximum atomic E-state index is 12.1. The number of nitrogens with one attached hydrogen (secondary N) is 2. The van der Waals surface area contributed by atoms with Gasteiger partial charge in [0.15, 0.2) is 13.2 Å². The minimum Gasteiger partial charge on any atom is -0.483 e. The Kier molecular flexibility index (Phi) is 7.71. The molecule has 2 aromatic carbocycles. The fourth-order valence-corrected chi connectivity index (χ4v) is 2.93. The number of amides is 2. The summed E-state index contributed by atoms with van der Waals surface area (Å²) >= 11 is 0. The van der Waals surface area contributed by atoms with Gasteiger partial charge in [0.2, 0.25) is 0 Å². The van der Waals surface area contributed by atoms with Crippen molar-refractivity contribution in [2.45, 2.75) is 59.3 Å². The smallest absolute Gasteiger partial charge is 0.276 e. The SMILES string of the molecule is Cc1ccccc1OCC(=O)NNC(=O)COc1ccc(C(C)(C)C)cc1C(C)(C)C. The van der Waals surface area contributed by atoms with Gasteiger partial charge in [-0.05, 0) is 46.6 Å². The lowest BCUT2D eigenvalue weighted by molar-refractivity contribution is -0.131. The molecule has 0 saturated carbocycles. The number of rotatable bonds is 6. The van der Waals surface area contributed by atoms with Crippen molar-refractivity contribution in [3.63, 3.8) is 0 Å². The van der Waals surface area contributed by atoms with Gasteiger partial charge in [-0.25, -0.2) is 0 Å². The minimum absolute atomic E-state index is 0.0144. The molecule has 6 heteroatoms. The van der Waals surface area contributed by atoms with Gasteiger partial charge in [0.05, 0.1) is 0 Å². The Morgan fingerprint density at radius 2 is 1.32 bits per heavy atom. The monoisotopic (exact) mass is 426 g/mol. The van der Waals surface area contributed by atoms with E-state index in [1.54, 1.807) is 6.07 Å². The molecular weight excluding hydrogens is 392 g/mol. The molecule has 0 fully saturated rings. The first-order valence-corrected chi connectivity index (χ1v) is 10.4. The van der Waals surface area contributed by atoms with Crippen molar-refractivity contribution >= 4 is 11.8 Å². The number of hydrazine groups is 1. The van der Waals surface area contributed by atoms with E-state index in [0.29, 0.717) is 11.5 Å². The van der Waals surface area contributed by atoms with Gasteiger partial charge in [0.1, 0.15) is 11.5 Å². The van der Waals surface area contributed by atoms with Crippen LogP contribution in [0.2, 0.25) is 0 Å². The number of hydrogen-bond donors (Lipinski definition) is 2. The zero-order valence-corrected chi connectivity index (χ0v) is 19.6. The number of ether oxygens (including phenoxy) is 2. The molecule has 0 aliphatic heterocycles. The Morgan fingerprint density at radius 3 is 1.84 bits per heavy atom. The Bertz CT molecular complexity index is 924. The third-order valence-electron chi connectivity index (χ3n) is 4.81. The molecule has 0 bridgehead atoms. The molecule has 0 aromatic heterocycles. The molecular formula is C25H34N2O4. The van der Waals surface area contributed by atoms with Crippen LogP contribution in [0.15, 0.2) is 42.5 Å². The first kappa shape index (κ1) is 24.3. The standard InChI is InChI=1S/C25H34N2O4/c1-17-10-8-9-11-20(17)30-15-22(28)26-27-23(29)16-31-21-13-12-18(24(2,3)4)14-19(21)25(5,6)7/h8-14H,15-16H2,1-7H3,(H,26,28)(H,27,29). The van der Waals surface area contributed by atoms with Gasteiger partial charge in [-0.1, -0.05) is 71.9 Å². The van der Waals surface area contributed by atoms with E-state index in [1.807, 2.05) is 37.3 Å². The van der Waals surface area contributed by atoms with Crippen molar-refractivity contribution in [2.75, 3.05) is 13.2 Å². The normalized spacial score (nSPS) is 11.6. The molecule has 31 heavy (non-hydrogen) atoms. The molecule has 2 amide bonds. The number of carbonyl (C=O) groups excluding carboxylic acids is 2. The fraction of sp³-hybridized carbons (Fsp3) is 0.440. The Balaban J connectivity index is 1.89. The predicted octanol–water partition coefficient (Wildman–Crippen LogP) is 4.20. The van der Waals surface area contributed by atoms with E-state index in [0.717, 1.165) is 11.1 Å². The Hall–Kier alpha value is -3.02. The lowest BCUT2D eigenvalue weighted by Crippen LogP contribution is -2.45. The third kappa shape index (κ3) is 7.31. The summed E-state index contributed by atoms with van der Waals surface area (Å²) in [5.41, 5.74) is 7.73. The summed E-state index contributed by atoms with van der Waals surface area (Å²) in [6.07, 6.45) is 0. The average Bonchev–Trinajstić information content (AvgIpc) is 2.68. The van der Waals surface area contributed by atoms with Gasteiger partial charge in [0.25, 0.3) is 11.8 Å². The molecule has 168 valence electrons.